The van der Waals surface area contributed by atoms with Crippen molar-refractivity contribution in [2.45, 2.75) is 52.2 Å². The minimum absolute atomic E-state index is 0.147. The molecular weight excluding hydrogens is 504 g/mol. The molecule has 2 aromatic carbocycles. The van der Waals surface area contributed by atoms with Crippen LogP contribution in [0.5, 0.6) is 11.5 Å². The summed E-state index contributed by atoms with van der Waals surface area (Å²) < 4.78 is 13.0. The number of para-hydroxylation sites is 1. The molecule has 214 valence electrons. The molecule has 0 radical (unpaired) electrons. The number of fused-ring (bicyclic) bond motifs is 3. The largest absolute Gasteiger partial charge is 0.497 e. The predicted molar refractivity (Wildman–Crippen MR) is 157 cm³/mol. The smallest absolute Gasteiger partial charge is 0.271 e. The summed E-state index contributed by atoms with van der Waals surface area (Å²) in [5, 5.41) is 4.13. The average molecular weight is 547 g/mol. The number of amides is 2. The van der Waals surface area contributed by atoms with Crippen LogP contribution >= 0.6 is 0 Å². The van der Waals surface area contributed by atoms with Crippen molar-refractivity contribution in [3.8, 4) is 11.5 Å². The highest BCUT2D eigenvalue weighted by atomic mass is 16.5. The molecule has 5 rings (SSSR count). The number of methoxy groups -OCH3 is 2. The van der Waals surface area contributed by atoms with Gasteiger partial charge >= 0.3 is 0 Å². The Hall–Kier alpha value is -3.52. The van der Waals surface area contributed by atoms with Crippen molar-refractivity contribution in [2.75, 3.05) is 40.4 Å². The van der Waals surface area contributed by atoms with Crippen molar-refractivity contribution in [3.63, 3.8) is 0 Å². The maximum atomic E-state index is 14.1. The molecule has 0 unspecified atom stereocenters. The topological polar surface area (TPSA) is 76.0 Å². The molecule has 0 bridgehead atoms. The van der Waals surface area contributed by atoms with Gasteiger partial charge in [-0.1, -0.05) is 32.0 Å². The van der Waals surface area contributed by atoms with E-state index in [-0.39, 0.29) is 18.4 Å². The molecule has 3 atom stereocenters. The van der Waals surface area contributed by atoms with E-state index in [0.29, 0.717) is 42.1 Å². The van der Waals surface area contributed by atoms with Gasteiger partial charge in [0.15, 0.2) is 0 Å². The molecule has 0 spiro atoms. The van der Waals surface area contributed by atoms with Crippen molar-refractivity contribution in [3.05, 3.63) is 59.8 Å². The number of ether oxygens (including phenoxy) is 2. The number of carbonyl (C=O) groups is 2. The van der Waals surface area contributed by atoms with Gasteiger partial charge in [-0.2, -0.15) is 0 Å². The molecule has 8 heteroatoms. The summed E-state index contributed by atoms with van der Waals surface area (Å²) in [4.78, 5) is 32.3. The molecule has 8 nitrogen and oxygen atoms in total. The first kappa shape index (κ1) is 28.0. The Labute approximate surface area is 237 Å². The Kier molecular flexibility index (Phi) is 8.08. The predicted octanol–water partition coefficient (Wildman–Crippen LogP) is 4.56. The molecular formula is C32H42N4O4. The lowest BCUT2D eigenvalue weighted by atomic mass is 9.92. The highest BCUT2D eigenvalue weighted by molar-refractivity contribution is 6.03. The van der Waals surface area contributed by atoms with Crippen LogP contribution in [0, 0.1) is 11.8 Å². The van der Waals surface area contributed by atoms with Gasteiger partial charge in [0, 0.05) is 36.7 Å². The number of nitrogens with zero attached hydrogens (tertiary/aromatic N) is 3. The maximum Gasteiger partial charge on any atom is 0.271 e. The second kappa shape index (κ2) is 11.5. The highest BCUT2D eigenvalue weighted by Crippen LogP contribution is 2.35. The molecule has 2 aliphatic heterocycles. The molecule has 0 aliphatic carbocycles. The highest BCUT2D eigenvalue weighted by Gasteiger charge is 2.47. The molecule has 3 aromatic rings. The van der Waals surface area contributed by atoms with E-state index in [1.54, 1.807) is 19.1 Å². The maximum absolute atomic E-state index is 14.1. The Balaban J connectivity index is 1.41. The summed E-state index contributed by atoms with van der Waals surface area (Å²) >= 11 is 0. The Morgan fingerprint density at radius 3 is 2.52 bits per heavy atom. The molecule has 3 heterocycles. The van der Waals surface area contributed by atoms with Crippen molar-refractivity contribution in [2.24, 2.45) is 11.8 Å². The van der Waals surface area contributed by atoms with Crippen molar-refractivity contribution >= 4 is 22.7 Å². The van der Waals surface area contributed by atoms with Crippen LogP contribution in [-0.2, 0) is 17.9 Å². The number of carbonyl (C=O) groups excluding carboxylic acids is 2. The van der Waals surface area contributed by atoms with Gasteiger partial charge in [-0.3, -0.25) is 9.59 Å². The second-order valence-corrected chi connectivity index (χ2v) is 11.8. The average Bonchev–Trinajstić information content (AvgIpc) is 3.30. The summed E-state index contributed by atoms with van der Waals surface area (Å²) in [5.74, 6) is 2.49. The van der Waals surface area contributed by atoms with Gasteiger partial charge in [-0.25, -0.2) is 0 Å². The molecule has 1 saturated heterocycles. The first-order valence-electron chi connectivity index (χ1n) is 14.3. The van der Waals surface area contributed by atoms with E-state index in [4.69, 9.17) is 9.47 Å². The first-order chi connectivity index (χ1) is 19.2. The number of benzene rings is 2. The second-order valence-electron chi connectivity index (χ2n) is 11.8. The van der Waals surface area contributed by atoms with Gasteiger partial charge in [0.2, 0.25) is 5.91 Å². The summed E-state index contributed by atoms with van der Waals surface area (Å²) in [5.41, 5.74) is 1.20. The Morgan fingerprint density at radius 2 is 1.80 bits per heavy atom. The number of hydrogen-bond donors (Lipinski definition) is 1. The minimum Gasteiger partial charge on any atom is -0.497 e. The van der Waals surface area contributed by atoms with Crippen molar-refractivity contribution in [1.82, 2.24) is 19.7 Å². The molecule has 2 amide bonds. The summed E-state index contributed by atoms with van der Waals surface area (Å²) in [7, 11) is 3.25. The summed E-state index contributed by atoms with van der Waals surface area (Å²) in [6.45, 7) is 10.9. The van der Waals surface area contributed by atoms with Crippen molar-refractivity contribution < 1.29 is 19.1 Å². The normalized spacial score (nSPS) is 23.2. The van der Waals surface area contributed by atoms with E-state index in [2.05, 4.69) is 24.1 Å². The van der Waals surface area contributed by atoms with Crippen molar-refractivity contribution in [1.29, 1.82) is 0 Å². The fourth-order valence-corrected chi connectivity index (χ4v) is 6.58. The van der Waals surface area contributed by atoms with E-state index in [1.165, 1.54) is 6.42 Å². The Morgan fingerprint density at radius 1 is 1.05 bits per heavy atom. The van der Waals surface area contributed by atoms with E-state index in [9.17, 15) is 9.59 Å². The number of hydrogen-bond acceptors (Lipinski definition) is 5. The lowest BCUT2D eigenvalue weighted by Gasteiger charge is -2.44. The van der Waals surface area contributed by atoms with Crippen LogP contribution in [0.25, 0.3) is 10.9 Å². The van der Waals surface area contributed by atoms with Gasteiger partial charge in [0.05, 0.1) is 32.8 Å². The van der Waals surface area contributed by atoms with E-state index in [1.807, 2.05) is 60.0 Å². The summed E-state index contributed by atoms with van der Waals surface area (Å²) in [6, 6.07) is 15.3. The number of likely N-dealkylation sites (tertiary alicyclic amines) is 1. The molecule has 1 fully saturated rings. The third kappa shape index (κ3) is 5.42. The number of nitrogens with one attached hydrogen (secondary N) is 1. The molecule has 1 N–H and O–H groups in total. The van der Waals surface area contributed by atoms with Gasteiger partial charge in [0.25, 0.3) is 5.91 Å². The zero-order valence-electron chi connectivity index (χ0n) is 24.4. The lowest BCUT2D eigenvalue weighted by Crippen LogP contribution is -2.63. The number of rotatable bonds is 9. The van der Waals surface area contributed by atoms with Gasteiger partial charge in [-0.15, -0.1) is 0 Å². The van der Waals surface area contributed by atoms with Crippen LogP contribution in [0.4, 0.5) is 0 Å². The van der Waals surface area contributed by atoms with E-state index >= 15 is 0 Å². The van der Waals surface area contributed by atoms with Crippen LogP contribution in [-0.4, -0.2) is 72.1 Å². The SMILES string of the molecule is COc1ccc2cc3n(c2c1)C[C@@](C)(C(=O)NCCCN1C[C@H](C)C[C@H](C)C1)N(Cc1ccccc1OC)C3=O. The molecule has 40 heavy (non-hydrogen) atoms. The van der Waals surface area contributed by atoms with Gasteiger partial charge < -0.3 is 29.2 Å². The van der Waals surface area contributed by atoms with Gasteiger partial charge in [0.1, 0.15) is 22.7 Å². The number of aromatic nitrogens is 1. The molecule has 2 aliphatic rings. The van der Waals surface area contributed by atoms with Crippen LogP contribution in [0.1, 0.15) is 49.7 Å². The van der Waals surface area contributed by atoms with E-state index in [0.717, 1.165) is 42.5 Å². The van der Waals surface area contributed by atoms with Gasteiger partial charge in [-0.05, 0) is 62.4 Å². The Bertz CT molecular complexity index is 1370. The van der Waals surface area contributed by atoms with Crippen LogP contribution in [0.15, 0.2) is 48.5 Å². The van der Waals surface area contributed by atoms with Crippen LogP contribution in [0.3, 0.4) is 0 Å². The molecule has 1 aromatic heterocycles. The zero-order valence-corrected chi connectivity index (χ0v) is 24.4. The number of piperidine rings is 1. The minimum atomic E-state index is -1.10. The zero-order chi connectivity index (χ0) is 28.4. The lowest BCUT2D eigenvalue weighted by molar-refractivity contribution is -0.133. The first-order valence-corrected chi connectivity index (χ1v) is 14.3. The fourth-order valence-electron chi connectivity index (χ4n) is 6.58. The third-order valence-corrected chi connectivity index (χ3v) is 8.53. The fraction of sp³-hybridized carbons (Fsp3) is 0.500. The standard InChI is InChI=1S/C32H42N4O4/c1-22-15-23(2)19-34(18-22)14-8-13-33-31(38)32(3)21-35-27-17-26(39-4)12-11-24(27)16-28(35)30(37)36(32)20-25-9-6-7-10-29(25)40-5/h6-7,9-12,16-17,22-23H,8,13-15,18-21H2,1-5H3,(H,33,38)/t22-,23+,32-/m0/s1. The quantitative estimate of drug-likeness (QED) is 0.399. The van der Waals surface area contributed by atoms with Crippen LogP contribution < -0.4 is 14.8 Å². The van der Waals surface area contributed by atoms with Crippen LogP contribution in [0.2, 0.25) is 0 Å². The summed E-state index contributed by atoms with van der Waals surface area (Å²) in [6.07, 6.45) is 2.15. The third-order valence-electron chi connectivity index (χ3n) is 8.53. The monoisotopic (exact) mass is 546 g/mol. The van der Waals surface area contributed by atoms with E-state index < -0.39 is 5.54 Å². The molecule has 0 saturated carbocycles.